The quantitative estimate of drug-likeness (QED) is 0.911. The lowest BCUT2D eigenvalue weighted by atomic mass is 10.2. The van der Waals surface area contributed by atoms with Crippen LogP contribution in [0.15, 0.2) is 24.3 Å². The summed E-state index contributed by atoms with van der Waals surface area (Å²) in [6.07, 6.45) is 0. The average Bonchev–Trinajstić information content (AvgIpc) is 2.84. The van der Waals surface area contributed by atoms with Gasteiger partial charge in [-0.3, -0.25) is 4.79 Å². The molecule has 1 atom stereocenters. The van der Waals surface area contributed by atoms with Crippen molar-refractivity contribution >= 4 is 56.7 Å². The van der Waals surface area contributed by atoms with E-state index in [0.717, 1.165) is 15.8 Å². The number of hydrogen-bond donors (Lipinski definition) is 1. The number of aliphatic carboxylic acids is 1. The van der Waals surface area contributed by atoms with Gasteiger partial charge in [0.05, 0.1) is 5.02 Å². The molecular formula is C14H12ClNO3S2. The number of benzene rings is 1. The Balaban J connectivity index is 1.99. The Kier molecular flexibility index (Phi) is 4.10. The van der Waals surface area contributed by atoms with Crippen molar-refractivity contribution in [2.24, 2.45) is 0 Å². The summed E-state index contributed by atoms with van der Waals surface area (Å²) in [7, 11) is 0. The smallest absolute Gasteiger partial charge is 0.327 e. The number of hydrogen-bond acceptors (Lipinski definition) is 4. The molecule has 0 spiro atoms. The van der Waals surface area contributed by atoms with Gasteiger partial charge in [-0.05, 0) is 6.07 Å². The van der Waals surface area contributed by atoms with Crippen molar-refractivity contribution in [3.63, 3.8) is 0 Å². The third-order valence-corrected chi connectivity index (χ3v) is 6.09. The third kappa shape index (κ3) is 2.63. The lowest BCUT2D eigenvalue weighted by Gasteiger charge is -2.32. The number of thiophene rings is 1. The molecule has 2 aromatic rings. The molecule has 1 amide bonds. The first-order valence-electron chi connectivity index (χ1n) is 6.38. The van der Waals surface area contributed by atoms with Crippen LogP contribution in [-0.2, 0) is 4.79 Å². The molecule has 110 valence electrons. The zero-order valence-electron chi connectivity index (χ0n) is 10.9. The molecule has 1 unspecified atom stereocenters. The number of carboxylic acids is 1. The number of amides is 1. The van der Waals surface area contributed by atoms with Gasteiger partial charge in [0.1, 0.15) is 10.9 Å². The van der Waals surface area contributed by atoms with Gasteiger partial charge >= 0.3 is 5.97 Å². The zero-order chi connectivity index (χ0) is 15.0. The van der Waals surface area contributed by atoms with Crippen LogP contribution in [0.5, 0.6) is 0 Å². The van der Waals surface area contributed by atoms with Crippen molar-refractivity contribution in [2.45, 2.75) is 6.04 Å². The number of thioether (sulfide) groups is 1. The van der Waals surface area contributed by atoms with Gasteiger partial charge in [-0.2, -0.15) is 11.8 Å². The van der Waals surface area contributed by atoms with E-state index >= 15 is 0 Å². The fourth-order valence-electron chi connectivity index (χ4n) is 2.33. The van der Waals surface area contributed by atoms with Crippen molar-refractivity contribution in [2.75, 3.05) is 18.1 Å². The molecule has 4 nitrogen and oxygen atoms in total. The normalized spacial score (nSPS) is 18.9. The van der Waals surface area contributed by atoms with E-state index in [2.05, 4.69) is 0 Å². The summed E-state index contributed by atoms with van der Waals surface area (Å²) in [6.45, 7) is 0.436. The van der Waals surface area contributed by atoms with Gasteiger partial charge in [0.25, 0.3) is 5.91 Å². The summed E-state index contributed by atoms with van der Waals surface area (Å²) in [4.78, 5) is 25.9. The molecule has 1 aliphatic heterocycles. The number of carboxylic acid groups (broad SMARTS) is 1. The molecule has 1 N–H and O–H groups in total. The van der Waals surface area contributed by atoms with Gasteiger partial charge in [-0.15, -0.1) is 11.3 Å². The van der Waals surface area contributed by atoms with Crippen molar-refractivity contribution in [3.05, 3.63) is 34.2 Å². The van der Waals surface area contributed by atoms with E-state index in [1.165, 1.54) is 16.2 Å². The van der Waals surface area contributed by atoms with E-state index in [-0.39, 0.29) is 5.91 Å². The molecule has 21 heavy (non-hydrogen) atoms. The maximum Gasteiger partial charge on any atom is 0.327 e. The second-order valence-corrected chi connectivity index (χ2v) is 7.25. The van der Waals surface area contributed by atoms with Crippen LogP contribution in [0.25, 0.3) is 10.1 Å². The van der Waals surface area contributed by atoms with Crippen molar-refractivity contribution in [1.29, 1.82) is 0 Å². The Morgan fingerprint density at radius 3 is 2.81 bits per heavy atom. The summed E-state index contributed by atoms with van der Waals surface area (Å²) >= 11 is 9.18. The molecule has 0 aliphatic carbocycles. The van der Waals surface area contributed by atoms with E-state index < -0.39 is 12.0 Å². The topological polar surface area (TPSA) is 57.6 Å². The largest absolute Gasteiger partial charge is 0.480 e. The monoisotopic (exact) mass is 341 g/mol. The fraction of sp³-hybridized carbons (Fsp3) is 0.286. The molecule has 7 heteroatoms. The summed E-state index contributed by atoms with van der Waals surface area (Å²) < 4.78 is 0.934. The Hall–Kier alpha value is -1.24. The molecule has 0 bridgehead atoms. The molecule has 1 aromatic heterocycles. The molecular weight excluding hydrogens is 330 g/mol. The highest BCUT2D eigenvalue weighted by Crippen LogP contribution is 2.36. The van der Waals surface area contributed by atoms with E-state index in [0.29, 0.717) is 22.2 Å². The first-order valence-corrected chi connectivity index (χ1v) is 8.73. The SMILES string of the molecule is O=C(O)C1CSCCN1C(=O)c1sc2ccccc2c1Cl. The number of halogens is 1. The van der Waals surface area contributed by atoms with Crippen molar-refractivity contribution < 1.29 is 14.7 Å². The zero-order valence-corrected chi connectivity index (χ0v) is 13.3. The van der Waals surface area contributed by atoms with Gasteiger partial charge in [0.15, 0.2) is 0 Å². The second-order valence-electron chi connectivity index (χ2n) is 4.67. The molecule has 1 saturated heterocycles. The lowest BCUT2D eigenvalue weighted by molar-refractivity contribution is -0.141. The third-order valence-electron chi connectivity index (χ3n) is 3.40. The summed E-state index contributed by atoms with van der Waals surface area (Å²) in [5, 5.41) is 10.5. The van der Waals surface area contributed by atoms with Crippen LogP contribution in [0.1, 0.15) is 9.67 Å². The van der Waals surface area contributed by atoms with Crippen LogP contribution < -0.4 is 0 Å². The van der Waals surface area contributed by atoms with Crippen LogP contribution in [-0.4, -0.2) is 46.0 Å². The van der Waals surface area contributed by atoms with Gasteiger partial charge in [0.2, 0.25) is 0 Å². The number of rotatable bonds is 2. The second kappa shape index (κ2) is 5.87. The number of carbonyl (C=O) groups is 2. The fourth-order valence-corrected chi connectivity index (χ4v) is 4.84. The number of nitrogens with zero attached hydrogens (tertiary/aromatic N) is 1. The van der Waals surface area contributed by atoms with E-state index in [4.69, 9.17) is 11.6 Å². The summed E-state index contributed by atoms with van der Waals surface area (Å²) in [5.74, 6) is -0.0802. The molecule has 2 heterocycles. The van der Waals surface area contributed by atoms with E-state index in [1.807, 2.05) is 24.3 Å². The predicted molar refractivity (Wildman–Crippen MR) is 86.6 cm³/mol. The Labute approximate surface area is 134 Å². The Bertz CT molecular complexity index is 715. The molecule has 3 rings (SSSR count). The van der Waals surface area contributed by atoms with Gasteiger partial charge in [-0.25, -0.2) is 4.79 Å². The maximum absolute atomic E-state index is 12.7. The lowest BCUT2D eigenvalue weighted by Crippen LogP contribution is -2.50. The van der Waals surface area contributed by atoms with E-state index in [9.17, 15) is 14.7 Å². The van der Waals surface area contributed by atoms with Crippen LogP contribution in [0.4, 0.5) is 0 Å². The molecule has 0 saturated carbocycles. The molecule has 1 aliphatic rings. The number of fused-ring (bicyclic) bond motifs is 1. The Morgan fingerprint density at radius 2 is 2.10 bits per heavy atom. The van der Waals surface area contributed by atoms with Gasteiger partial charge < -0.3 is 10.0 Å². The van der Waals surface area contributed by atoms with Crippen LogP contribution in [0, 0.1) is 0 Å². The molecule has 0 radical (unpaired) electrons. The minimum Gasteiger partial charge on any atom is -0.480 e. The summed E-state index contributed by atoms with van der Waals surface area (Å²) in [5.41, 5.74) is 0. The standard InChI is InChI=1S/C14H12ClNO3S2/c15-11-8-3-1-2-4-10(8)21-12(11)13(17)16-5-6-20-7-9(16)14(18)19/h1-4,9H,5-7H2,(H,18,19). The van der Waals surface area contributed by atoms with Gasteiger partial charge in [0, 0.05) is 28.1 Å². The van der Waals surface area contributed by atoms with Crippen LogP contribution >= 0.6 is 34.7 Å². The molecule has 1 aromatic carbocycles. The summed E-state index contributed by atoms with van der Waals surface area (Å²) in [6, 6.07) is 6.75. The number of carbonyl (C=O) groups excluding carboxylic acids is 1. The van der Waals surface area contributed by atoms with Crippen LogP contribution in [0.2, 0.25) is 5.02 Å². The predicted octanol–water partition coefficient (Wildman–Crippen LogP) is 3.20. The first kappa shape index (κ1) is 14.7. The first-order chi connectivity index (χ1) is 10.1. The Morgan fingerprint density at radius 1 is 1.33 bits per heavy atom. The van der Waals surface area contributed by atoms with Gasteiger partial charge in [-0.1, -0.05) is 29.8 Å². The minimum atomic E-state index is -0.965. The maximum atomic E-state index is 12.7. The minimum absolute atomic E-state index is 0.283. The highest BCUT2D eigenvalue weighted by atomic mass is 35.5. The average molecular weight is 342 g/mol. The van der Waals surface area contributed by atoms with Crippen molar-refractivity contribution in [3.8, 4) is 0 Å². The van der Waals surface area contributed by atoms with E-state index in [1.54, 1.807) is 11.8 Å². The highest BCUT2D eigenvalue weighted by Gasteiger charge is 2.34. The van der Waals surface area contributed by atoms with Crippen molar-refractivity contribution in [1.82, 2.24) is 4.90 Å². The van der Waals surface area contributed by atoms with Crippen LogP contribution in [0.3, 0.4) is 0 Å². The molecule has 1 fully saturated rings. The highest BCUT2D eigenvalue weighted by molar-refractivity contribution is 7.99.